The average Bonchev–Trinajstić information content (AvgIpc) is 2.15. The lowest BCUT2D eigenvalue weighted by atomic mass is 10.4. The van der Waals surface area contributed by atoms with Crippen LogP contribution in [0.4, 0.5) is 5.82 Å². The van der Waals surface area contributed by atoms with Gasteiger partial charge in [-0.05, 0) is 40.4 Å². The maximum atomic E-state index is 5.98. The lowest BCUT2D eigenvalue weighted by Crippen LogP contribution is -2.04. The standard InChI is InChI=1S/C9H12BrClN2S/c1-14-4-2-3-12-9-8(11)5-7(10)6-13-9/h5-6H,2-4H2,1H3,(H,12,13). The van der Waals surface area contributed by atoms with Crippen molar-refractivity contribution in [2.75, 3.05) is 23.9 Å². The third-order valence-corrected chi connectivity index (χ3v) is 3.04. The van der Waals surface area contributed by atoms with Crippen LogP contribution in [-0.4, -0.2) is 23.5 Å². The molecule has 0 fully saturated rings. The second kappa shape index (κ2) is 6.53. The topological polar surface area (TPSA) is 24.9 Å². The summed E-state index contributed by atoms with van der Waals surface area (Å²) < 4.78 is 0.900. The van der Waals surface area contributed by atoms with E-state index in [1.807, 2.05) is 17.8 Å². The van der Waals surface area contributed by atoms with Crippen molar-refractivity contribution in [2.45, 2.75) is 6.42 Å². The fraction of sp³-hybridized carbons (Fsp3) is 0.444. The zero-order valence-corrected chi connectivity index (χ0v) is 11.0. The number of anilines is 1. The fourth-order valence-electron chi connectivity index (χ4n) is 0.968. The highest BCUT2D eigenvalue weighted by Crippen LogP contribution is 2.22. The van der Waals surface area contributed by atoms with Gasteiger partial charge in [0.1, 0.15) is 5.82 Å². The molecule has 0 aromatic carbocycles. The minimum atomic E-state index is 0.656. The number of rotatable bonds is 5. The first-order valence-corrected chi connectivity index (χ1v) is 6.84. The van der Waals surface area contributed by atoms with Crippen molar-refractivity contribution in [1.82, 2.24) is 4.98 Å². The van der Waals surface area contributed by atoms with E-state index < -0.39 is 0 Å². The van der Waals surface area contributed by atoms with Gasteiger partial charge in [-0.1, -0.05) is 11.6 Å². The summed E-state index contributed by atoms with van der Waals surface area (Å²) in [5.74, 6) is 1.91. The Morgan fingerprint density at radius 3 is 3.07 bits per heavy atom. The summed E-state index contributed by atoms with van der Waals surface area (Å²) in [7, 11) is 0. The fourth-order valence-corrected chi connectivity index (χ4v) is 2.10. The van der Waals surface area contributed by atoms with Gasteiger partial charge in [0.25, 0.3) is 0 Å². The summed E-state index contributed by atoms with van der Waals surface area (Å²) >= 11 is 11.1. The van der Waals surface area contributed by atoms with Crippen LogP contribution in [0.1, 0.15) is 6.42 Å². The molecule has 0 saturated carbocycles. The van der Waals surface area contributed by atoms with Gasteiger partial charge >= 0.3 is 0 Å². The van der Waals surface area contributed by atoms with E-state index >= 15 is 0 Å². The number of thioether (sulfide) groups is 1. The molecule has 1 N–H and O–H groups in total. The third kappa shape index (κ3) is 4.07. The van der Waals surface area contributed by atoms with Crippen molar-refractivity contribution in [3.63, 3.8) is 0 Å². The summed E-state index contributed by atoms with van der Waals surface area (Å²) in [6.45, 7) is 0.912. The predicted octanol–water partition coefficient (Wildman–Crippen LogP) is 3.66. The quantitative estimate of drug-likeness (QED) is 0.839. The van der Waals surface area contributed by atoms with Gasteiger partial charge in [0.15, 0.2) is 0 Å². The molecule has 1 heterocycles. The zero-order chi connectivity index (χ0) is 10.4. The van der Waals surface area contributed by atoms with Gasteiger partial charge in [-0.25, -0.2) is 4.98 Å². The summed E-state index contributed by atoms with van der Waals surface area (Å²) in [5, 5.41) is 3.85. The molecule has 78 valence electrons. The first-order chi connectivity index (χ1) is 6.74. The van der Waals surface area contributed by atoms with Crippen LogP contribution >= 0.6 is 39.3 Å². The van der Waals surface area contributed by atoms with Crippen LogP contribution in [0.15, 0.2) is 16.7 Å². The van der Waals surface area contributed by atoms with E-state index in [2.05, 4.69) is 32.5 Å². The molecule has 1 aromatic heterocycles. The molecule has 0 spiro atoms. The molecule has 14 heavy (non-hydrogen) atoms. The van der Waals surface area contributed by atoms with E-state index in [0.29, 0.717) is 5.02 Å². The Kier molecular flexibility index (Phi) is 5.67. The van der Waals surface area contributed by atoms with Crippen molar-refractivity contribution < 1.29 is 0 Å². The van der Waals surface area contributed by atoms with Crippen molar-refractivity contribution in [2.24, 2.45) is 0 Å². The van der Waals surface area contributed by atoms with Gasteiger partial charge < -0.3 is 5.32 Å². The lowest BCUT2D eigenvalue weighted by Gasteiger charge is -2.06. The monoisotopic (exact) mass is 294 g/mol. The van der Waals surface area contributed by atoms with Crippen LogP contribution in [0.3, 0.4) is 0 Å². The molecular formula is C9H12BrClN2S. The molecule has 5 heteroatoms. The largest absolute Gasteiger partial charge is 0.369 e. The minimum Gasteiger partial charge on any atom is -0.369 e. The van der Waals surface area contributed by atoms with E-state index in [0.717, 1.165) is 29.0 Å². The Labute approximate surface area is 102 Å². The molecule has 0 atom stereocenters. The summed E-state index contributed by atoms with van der Waals surface area (Å²) in [6.07, 6.45) is 4.96. The van der Waals surface area contributed by atoms with Crippen LogP contribution in [-0.2, 0) is 0 Å². The van der Waals surface area contributed by atoms with Crippen LogP contribution in [0.2, 0.25) is 5.02 Å². The number of nitrogens with zero attached hydrogens (tertiary/aromatic N) is 1. The molecule has 1 aromatic rings. The summed E-state index contributed by atoms with van der Waals surface area (Å²) in [6, 6.07) is 1.84. The molecule has 0 radical (unpaired) electrons. The van der Waals surface area contributed by atoms with E-state index in [-0.39, 0.29) is 0 Å². The minimum absolute atomic E-state index is 0.656. The predicted molar refractivity (Wildman–Crippen MR) is 68.4 cm³/mol. The second-order valence-corrected chi connectivity index (χ2v) is 5.07. The Balaban J connectivity index is 2.42. The number of aromatic nitrogens is 1. The smallest absolute Gasteiger partial charge is 0.144 e. The first kappa shape index (κ1) is 12.1. The molecule has 0 unspecified atom stereocenters. The lowest BCUT2D eigenvalue weighted by molar-refractivity contribution is 0.981. The molecule has 2 nitrogen and oxygen atoms in total. The Morgan fingerprint density at radius 2 is 2.43 bits per heavy atom. The summed E-state index contributed by atoms with van der Waals surface area (Å²) in [4.78, 5) is 4.18. The van der Waals surface area contributed by atoms with Crippen LogP contribution in [0.5, 0.6) is 0 Å². The number of pyridine rings is 1. The molecular weight excluding hydrogens is 284 g/mol. The number of hydrogen-bond acceptors (Lipinski definition) is 3. The van der Waals surface area contributed by atoms with Crippen LogP contribution in [0, 0.1) is 0 Å². The molecule has 0 amide bonds. The Hall–Kier alpha value is 0.0700. The average molecular weight is 296 g/mol. The van der Waals surface area contributed by atoms with Crippen LogP contribution in [0.25, 0.3) is 0 Å². The SMILES string of the molecule is CSCCCNc1ncc(Br)cc1Cl. The second-order valence-electron chi connectivity index (χ2n) is 2.76. The van der Waals surface area contributed by atoms with Crippen LogP contribution < -0.4 is 5.32 Å². The van der Waals surface area contributed by atoms with Gasteiger partial charge in [-0.2, -0.15) is 11.8 Å². The van der Waals surface area contributed by atoms with Crippen molar-refractivity contribution in [3.05, 3.63) is 21.8 Å². The highest BCUT2D eigenvalue weighted by Gasteiger charge is 2.00. The van der Waals surface area contributed by atoms with Gasteiger partial charge in [-0.3, -0.25) is 0 Å². The third-order valence-electron chi connectivity index (χ3n) is 1.63. The van der Waals surface area contributed by atoms with E-state index in [1.54, 1.807) is 6.20 Å². The normalized spacial score (nSPS) is 10.2. The maximum Gasteiger partial charge on any atom is 0.144 e. The maximum absolute atomic E-state index is 5.98. The van der Waals surface area contributed by atoms with Gasteiger partial charge in [0.2, 0.25) is 0 Å². The Bertz CT molecular complexity index is 296. The highest BCUT2D eigenvalue weighted by molar-refractivity contribution is 9.10. The van der Waals surface area contributed by atoms with Gasteiger partial charge in [-0.15, -0.1) is 0 Å². The van der Waals surface area contributed by atoms with Gasteiger partial charge in [0.05, 0.1) is 5.02 Å². The summed E-state index contributed by atoms with van der Waals surface area (Å²) in [5.41, 5.74) is 0. The molecule has 0 aliphatic rings. The van der Waals surface area contributed by atoms with Crippen molar-refractivity contribution in [3.8, 4) is 0 Å². The Morgan fingerprint density at radius 1 is 1.64 bits per heavy atom. The van der Waals surface area contributed by atoms with Crippen molar-refractivity contribution in [1.29, 1.82) is 0 Å². The molecule has 0 bridgehead atoms. The van der Waals surface area contributed by atoms with E-state index in [1.165, 1.54) is 0 Å². The zero-order valence-electron chi connectivity index (χ0n) is 7.89. The number of halogens is 2. The van der Waals surface area contributed by atoms with E-state index in [4.69, 9.17) is 11.6 Å². The van der Waals surface area contributed by atoms with E-state index in [9.17, 15) is 0 Å². The molecule has 0 saturated heterocycles. The first-order valence-electron chi connectivity index (χ1n) is 4.28. The number of hydrogen-bond donors (Lipinski definition) is 1. The van der Waals surface area contributed by atoms with Gasteiger partial charge in [0, 0.05) is 17.2 Å². The van der Waals surface area contributed by atoms with Crippen molar-refractivity contribution >= 4 is 45.1 Å². The molecule has 0 aliphatic carbocycles. The number of nitrogens with one attached hydrogen (secondary N) is 1. The highest BCUT2D eigenvalue weighted by atomic mass is 79.9. The molecule has 1 rings (SSSR count). The molecule has 0 aliphatic heterocycles.